The van der Waals surface area contributed by atoms with Crippen molar-refractivity contribution in [3.8, 4) is 50.2 Å². The quantitative estimate of drug-likeness (QED) is 0.162. The molecule has 0 amide bonds. The van der Waals surface area contributed by atoms with Gasteiger partial charge in [-0.15, -0.1) is 0 Å². The van der Waals surface area contributed by atoms with Gasteiger partial charge in [-0.2, -0.15) is 0 Å². The van der Waals surface area contributed by atoms with Crippen LogP contribution in [0.2, 0.25) is 0 Å². The number of rotatable bonds is 7. The van der Waals surface area contributed by atoms with Crippen LogP contribution in [0.5, 0.6) is 0 Å². The Balaban J connectivity index is 1.24. The smallest absolute Gasteiger partial charge is 0.207 e. The molecule has 280 valence electrons. The van der Waals surface area contributed by atoms with Gasteiger partial charge >= 0.3 is 0 Å². The highest BCUT2D eigenvalue weighted by molar-refractivity contribution is 7.92. The average molecular weight is 777 g/mol. The zero-order valence-corrected chi connectivity index (χ0v) is 32.7. The van der Waals surface area contributed by atoms with Crippen molar-refractivity contribution in [1.82, 2.24) is 4.57 Å². The fraction of sp³-hybridized carbons (Fsp3) is 0. The molecule has 0 radical (unpaired) electrons. The summed E-state index contributed by atoms with van der Waals surface area (Å²) in [5.74, 6) is 0. The highest BCUT2D eigenvalue weighted by Gasteiger charge is 2.35. The Morgan fingerprint density at radius 1 is 0.373 bits per heavy atom. The maximum absolute atomic E-state index is 14.2. The third-order valence-electron chi connectivity index (χ3n) is 11.6. The lowest BCUT2D eigenvalue weighted by molar-refractivity contribution is 0.598. The monoisotopic (exact) mass is 776 g/mol. The Hall–Kier alpha value is -7.47. The normalized spacial score (nSPS) is 12.7. The minimum absolute atomic E-state index is 0.333. The third-order valence-corrected chi connectivity index (χ3v) is 13.4. The van der Waals surface area contributed by atoms with Crippen molar-refractivity contribution in [2.24, 2.45) is 0 Å². The molecular formula is C54H36N2O2S. The predicted octanol–water partition coefficient (Wildman–Crippen LogP) is 14.1. The fourth-order valence-electron chi connectivity index (χ4n) is 8.84. The second-order valence-electron chi connectivity index (χ2n) is 14.9. The largest absolute Gasteiger partial charge is 0.310 e. The first-order valence-electron chi connectivity index (χ1n) is 19.8. The fourth-order valence-corrected chi connectivity index (χ4v) is 10.5. The summed E-state index contributed by atoms with van der Waals surface area (Å²) >= 11 is 0. The van der Waals surface area contributed by atoms with Gasteiger partial charge < -0.3 is 9.47 Å². The Morgan fingerprint density at radius 3 is 1.53 bits per heavy atom. The van der Waals surface area contributed by atoms with Gasteiger partial charge in [0.05, 0.1) is 26.5 Å². The van der Waals surface area contributed by atoms with Crippen LogP contribution in [0.25, 0.3) is 72.0 Å². The molecule has 0 spiro atoms. The van der Waals surface area contributed by atoms with E-state index in [4.69, 9.17) is 0 Å². The number of anilines is 3. The molecule has 9 aromatic carbocycles. The molecule has 1 aliphatic rings. The van der Waals surface area contributed by atoms with Crippen molar-refractivity contribution in [3.05, 3.63) is 218 Å². The second kappa shape index (κ2) is 13.9. The standard InChI is InChI=1S/C54H36N2O2S/c57-59(58)52-25-13-11-22-46(52)54-45(23-14-26-53(54)59)48-35-47-44-21-10-12-24-49(44)56(41-19-8-3-9-20-41)51(47)36-50(48)55(42-31-27-39(28-32-42)37-15-4-1-5-16-37)43-33-29-40(30-34-43)38-17-6-2-7-18-38/h1-36H. The van der Waals surface area contributed by atoms with Gasteiger partial charge in [0.15, 0.2) is 0 Å². The van der Waals surface area contributed by atoms with E-state index >= 15 is 0 Å². The van der Waals surface area contributed by atoms with Crippen molar-refractivity contribution in [2.75, 3.05) is 4.90 Å². The van der Waals surface area contributed by atoms with Gasteiger partial charge in [-0.25, -0.2) is 8.42 Å². The topological polar surface area (TPSA) is 42.3 Å². The van der Waals surface area contributed by atoms with Crippen molar-refractivity contribution in [1.29, 1.82) is 0 Å². The van der Waals surface area contributed by atoms with Crippen LogP contribution >= 0.6 is 0 Å². The number of hydrogen-bond acceptors (Lipinski definition) is 3. The zero-order chi connectivity index (χ0) is 39.5. The minimum atomic E-state index is -3.72. The van der Waals surface area contributed by atoms with Gasteiger partial charge in [0.2, 0.25) is 9.84 Å². The van der Waals surface area contributed by atoms with Gasteiger partial charge in [0, 0.05) is 44.5 Å². The molecule has 0 saturated carbocycles. The molecule has 1 aliphatic heterocycles. The average Bonchev–Trinajstić information content (AvgIpc) is 3.75. The molecular weight excluding hydrogens is 741 g/mol. The Morgan fingerprint density at radius 2 is 0.881 bits per heavy atom. The molecule has 0 saturated heterocycles. The van der Waals surface area contributed by atoms with E-state index in [9.17, 15) is 8.42 Å². The number of fused-ring (bicyclic) bond motifs is 6. The number of hydrogen-bond donors (Lipinski definition) is 0. The summed E-state index contributed by atoms with van der Waals surface area (Å²) in [6.07, 6.45) is 0. The van der Waals surface area contributed by atoms with Gasteiger partial charge in [-0.05, 0) is 94.5 Å². The van der Waals surface area contributed by atoms with Crippen LogP contribution in [0.3, 0.4) is 0 Å². The van der Waals surface area contributed by atoms with Crippen LogP contribution in [-0.2, 0) is 9.84 Å². The molecule has 2 heterocycles. The minimum Gasteiger partial charge on any atom is -0.310 e. The van der Waals surface area contributed by atoms with Gasteiger partial charge in [0.25, 0.3) is 0 Å². The van der Waals surface area contributed by atoms with Gasteiger partial charge in [0.1, 0.15) is 0 Å². The molecule has 0 fully saturated rings. The van der Waals surface area contributed by atoms with Crippen molar-refractivity contribution >= 4 is 48.7 Å². The first-order chi connectivity index (χ1) is 29.0. The molecule has 0 N–H and O–H groups in total. The van der Waals surface area contributed by atoms with E-state index in [0.29, 0.717) is 9.79 Å². The third kappa shape index (κ3) is 5.70. The summed E-state index contributed by atoms with van der Waals surface area (Å²) in [6, 6.07) is 75.0. The molecule has 5 heteroatoms. The Kier molecular flexibility index (Phi) is 8.17. The summed E-state index contributed by atoms with van der Waals surface area (Å²) in [6.45, 7) is 0. The Labute approximate surface area is 343 Å². The highest BCUT2D eigenvalue weighted by Crippen LogP contribution is 2.52. The summed E-state index contributed by atoms with van der Waals surface area (Å²) in [5.41, 5.74) is 13.8. The lowest BCUT2D eigenvalue weighted by Crippen LogP contribution is -2.12. The molecule has 10 aromatic rings. The summed E-state index contributed by atoms with van der Waals surface area (Å²) < 4.78 is 30.6. The van der Waals surface area contributed by atoms with E-state index in [1.54, 1.807) is 18.2 Å². The molecule has 4 nitrogen and oxygen atoms in total. The van der Waals surface area contributed by atoms with Crippen LogP contribution in [0.4, 0.5) is 17.1 Å². The molecule has 0 aliphatic carbocycles. The van der Waals surface area contributed by atoms with E-state index < -0.39 is 9.84 Å². The Bertz CT molecular complexity index is 3220. The summed E-state index contributed by atoms with van der Waals surface area (Å²) in [5, 5.41) is 2.19. The van der Waals surface area contributed by atoms with E-state index in [1.807, 2.05) is 36.4 Å². The maximum atomic E-state index is 14.2. The number of aromatic nitrogens is 1. The number of nitrogens with zero attached hydrogens (tertiary/aromatic N) is 2. The molecule has 0 bridgehead atoms. The van der Waals surface area contributed by atoms with Crippen LogP contribution in [0.1, 0.15) is 0 Å². The van der Waals surface area contributed by atoms with Crippen LogP contribution in [0, 0.1) is 0 Å². The number of benzene rings is 9. The SMILES string of the molecule is O=S1(=O)c2ccccc2-c2c(-c3cc4c5ccccc5n(-c5ccccc5)c4cc3N(c3ccc(-c4ccccc4)cc3)c3ccc(-c4ccccc4)cc3)cccc21. The number of para-hydroxylation sites is 2. The van der Waals surface area contributed by atoms with Crippen molar-refractivity contribution in [3.63, 3.8) is 0 Å². The van der Waals surface area contributed by atoms with Crippen LogP contribution < -0.4 is 4.90 Å². The van der Waals surface area contributed by atoms with E-state index in [-0.39, 0.29) is 0 Å². The molecule has 0 atom stereocenters. The van der Waals surface area contributed by atoms with E-state index in [0.717, 1.165) is 89.1 Å². The maximum Gasteiger partial charge on any atom is 0.207 e. The van der Waals surface area contributed by atoms with Crippen LogP contribution in [-0.4, -0.2) is 13.0 Å². The van der Waals surface area contributed by atoms with Crippen molar-refractivity contribution < 1.29 is 8.42 Å². The highest BCUT2D eigenvalue weighted by atomic mass is 32.2. The van der Waals surface area contributed by atoms with Crippen molar-refractivity contribution in [2.45, 2.75) is 9.79 Å². The van der Waals surface area contributed by atoms with Gasteiger partial charge in [-0.3, -0.25) is 0 Å². The molecule has 1 aromatic heterocycles. The lowest BCUT2D eigenvalue weighted by Gasteiger charge is -2.29. The molecule has 0 unspecified atom stereocenters. The molecule has 59 heavy (non-hydrogen) atoms. The predicted molar refractivity (Wildman–Crippen MR) is 243 cm³/mol. The first kappa shape index (κ1) is 34.8. The summed E-state index contributed by atoms with van der Waals surface area (Å²) in [4.78, 5) is 3.00. The van der Waals surface area contributed by atoms with E-state index in [1.165, 1.54) is 0 Å². The second-order valence-corrected chi connectivity index (χ2v) is 16.8. The first-order valence-corrected chi connectivity index (χ1v) is 21.2. The summed E-state index contributed by atoms with van der Waals surface area (Å²) in [7, 11) is -3.72. The lowest BCUT2D eigenvalue weighted by atomic mass is 9.91. The molecule has 11 rings (SSSR count). The zero-order valence-electron chi connectivity index (χ0n) is 31.9. The van der Waals surface area contributed by atoms with Gasteiger partial charge in [-0.1, -0.05) is 152 Å². The van der Waals surface area contributed by atoms with Crippen LogP contribution in [0.15, 0.2) is 228 Å². The number of sulfone groups is 1. The van der Waals surface area contributed by atoms with E-state index in [2.05, 4.69) is 173 Å².